The van der Waals surface area contributed by atoms with Gasteiger partial charge in [0.25, 0.3) is 5.91 Å². The van der Waals surface area contributed by atoms with E-state index >= 15 is 0 Å². The van der Waals surface area contributed by atoms with Crippen molar-refractivity contribution < 1.29 is 14.3 Å². The summed E-state index contributed by atoms with van der Waals surface area (Å²) in [5.74, 6) is 0.122. The van der Waals surface area contributed by atoms with Crippen molar-refractivity contribution in [2.75, 3.05) is 6.61 Å². The molecule has 0 aliphatic carbocycles. The summed E-state index contributed by atoms with van der Waals surface area (Å²) in [5.41, 5.74) is 2.61. The molecule has 0 aliphatic rings. The standard InChI is InChI=1S/C30H34Br2N2O3/c1-5-21-14-15-27(25(32)17-21)37-20-28(35)34(19-23-12-9-13-24(31)16-23)26(29(36)33-30(2,3)4)18-22-10-7-6-8-11-22/h6-17,26H,5,18-20H2,1-4H3,(H,33,36)/t26-/m0/s1. The summed E-state index contributed by atoms with van der Waals surface area (Å²) in [7, 11) is 0. The molecule has 0 bridgehead atoms. The van der Waals surface area contributed by atoms with Crippen LogP contribution in [-0.4, -0.2) is 34.9 Å². The highest BCUT2D eigenvalue weighted by Gasteiger charge is 2.32. The molecule has 0 saturated heterocycles. The van der Waals surface area contributed by atoms with Crippen molar-refractivity contribution >= 4 is 43.7 Å². The normalized spacial score (nSPS) is 12.1. The third-order valence-electron chi connectivity index (χ3n) is 5.77. The van der Waals surface area contributed by atoms with Gasteiger partial charge < -0.3 is 15.0 Å². The summed E-state index contributed by atoms with van der Waals surface area (Å²) in [6.45, 7) is 7.97. The van der Waals surface area contributed by atoms with Crippen molar-refractivity contribution in [3.63, 3.8) is 0 Å². The number of halogens is 2. The van der Waals surface area contributed by atoms with Crippen LogP contribution in [0.1, 0.15) is 44.4 Å². The maximum absolute atomic E-state index is 13.7. The van der Waals surface area contributed by atoms with E-state index in [2.05, 4.69) is 44.1 Å². The van der Waals surface area contributed by atoms with E-state index in [9.17, 15) is 9.59 Å². The van der Waals surface area contributed by atoms with Crippen LogP contribution in [-0.2, 0) is 29.0 Å². The van der Waals surface area contributed by atoms with E-state index in [1.54, 1.807) is 4.90 Å². The molecule has 3 rings (SSSR count). The Kier molecular flexibility index (Phi) is 10.4. The maximum atomic E-state index is 13.7. The van der Waals surface area contributed by atoms with Crippen LogP contribution in [0.15, 0.2) is 81.7 Å². The van der Waals surface area contributed by atoms with Gasteiger partial charge in [-0.3, -0.25) is 9.59 Å². The number of nitrogens with zero attached hydrogens (tertiary/aromatic N) is 1. The Morgan fingerprint density at radius 1 is 0.919 bits per heavy atom. The molecule has 1 N–H and O–H groups in total. The Hall–Kier alpha value is -2.64. The molecule has 0 unspecified atom stereocenters. The van der Waals surface area contributed by atoms with Gasteiger partial charge in [-0.05, 0) is 84.1 Å². The summed E-state index contributed by atoms with van der Waals surface area (Å²) in [4.78, 5) is 29.0. The minimum absolute atomic E-state index is 0.188. The lowest BCUT2D eigenvalue weighted by Crippen LogP contribution is -2.55. The third kappa shape index (κ3) is 9.00. The van der Waals surface area contributed by atoms with Gasteiger partial charge in [0.15, 0.2) is 6.61 Å². The zero-order valence-corrected chi connectivity index (χ0v) is 24.9. The number of hydrogen-bond donors (Lipinski definition) is 1. The van der Waals surface area contributed by atoms with E-state index in [4.69, 9.17) is 4.74 Å². The van der Waals surface area contributed by atoms with E-state index in [-0.39, 0.29) is 25.0 Å². The van der Waals surface area contributed by atoms with Crippen molar-refractivity contribution in [2.24, 2.45) is 0 Å². The van der Waals surface area contributed by atoms with Crippen LogP contribution in [0.2, 0.25) is 0 Å². The molecule has 37 heavy (non-hydrogen) atoms. The van der Waals surface area contributed by atoms with Gasteiger partial charge in [0, 0.05) is 23.0 Å². The van der Waals surface area contributed by atoms with E-state index in [1.165, 1.54) is 5.56 Å². The maximum Gasteiger partial charge on any atom is 0.261 e. The molecule has 0 saturated carbocycles. The zero-order chi connectivity index (χ0) is 27.0. The van der Waals surface area contributed by atoms with E-state index < -0.39 is 11.6 Å². The summed E-state index contributed by atoms with van der Waals surface area (Å²) >= 11 is 7.06. The molecule has 3 aromatic rings. The molecule has 0 radical (unpaired) electrons. The first-order chi connectivity index (χ1) is 17.6. The molecule has 0 aliphatic heterocycles. The summed E-state index contributed by atoms with van der Waals surface area (Å²) in [6, 6.07) is 22.7. The number of ether oxygens (including phenoxy) is 1. The first-order valence-electron chi connectivity index (χ1n) is 12.4. The van der Waals surface area contributed by atoms with Gasteiger partial charge >= 0.3 is 0 Å². The highest BCUT2D eigenvalue weighted by molar-refractivity contribution is 9.10. The lowest BCUT2D eigenvalue weighted by Gasteiger charge is -2.33. The SMILES string of the molecule is CCc1ccc(OCC(=O)N(Cc2cccc(Br)c2)[C@@H](Cc2ccccc2)C(=O)NC(C)(C)C)c(Br)c1. The largest absolute Gasteiger partial charge is 0.483 e. The number of aryl methyl sites for hydroxylation is 1. The molecule has 5 nitrogen and oxygen atoms in total. The number of carbonyl (C=O) groups is 2. The van der Waals surface area contributed by atoms with Crippen molar-refractivity contribution in [3.05, 3.63) is 98.4 Å². The molecule has 7 heteroatoms. The molecule has 0 fully saturated rings. The fourth-order valence-electron chi connectivity index (χ4n) is 3.94. The lowest BCUT2D eigenvalue weighted by molar-refractivity contribution is -0.143. The Morgan fingerprint density at radius 2 is 1.62 bits per heavy atom. The molecule has 0 heterocycles. The Balaban J connectivity index is 1.93. The third-order valence-corrected chi connectivity index (χ3v) is 6.88. The van der Waals surface area contributed by atoms with Gasteiger partial charge in [0.2, 0.25) is 5.91 Å². The molecular weight excluding hydrogens is 596 g/mol. The number of hydrogen-bond acceptors (Lipinski definition) is 3. The second kappa shape index (κ2) is 13.2. The number of amides is 2. The minimum atomic E-state index is -0.720. The van der Waals surface area contributed by atoms with Crippen LogP contribution in [0, 0.1) is 0 Å². The molecule has 0 spiro atoms. The highest BCUT2D eigenvalue weighted by Crippen LogP contribution is 2.27. The first-order valence-corrected chi connectivity index (χ1v) is 14.0. The average Bonchev–Trinajstić information content (AvgIpc) is 2.84. The Bertz CT molecular complexity index is 1210. The number of nitrogens with one attached hydrogen (secondary N) is 1. The van der Waals surface area contributed by atoms with E-state index in [1.807, 2.05) is 93.6 Å². The van der Waals surface area contributed by atoms with Gasteiger partial charge in [-0.15, -0.1) is 0 Å². The van der Waals surface area contributed by atoms with Gasteiger partial charge in [-0.25, -0.2) is 0 Å². The number of rotatable bonds is 10. The predicted octanol–water partition coefficient (Wildman–Crippen LogP) is 6.71. The quantitative estimate of drug-likeness (QED) is 0.271. The molecule has 3 aromatic carbocycles. The smallest absolute Gasteiger partial charge is 0.261 e. The molecule has 2 amide bonds. The van der Waals surface area contributed by atoms with Crippen molar-refractivity contribution in [1.82, 2.24) is 10.2 Å². The van der Waals surface area contributed by atoms with Crippen LogP contribution in [0.3, 0.4) is 0 Å². The summed E-state index contributed by atoms with van der Waals surface area (Å²) < 4.78 is 7.65. The highest BCUT2D eigenvalue weighted by atomic mass is 79.9. The van der Waals surface area contributed by atoms with Gasteiger partial charge in [0.1, 0.15) is 11.8 Å². The summed E-state index contributed by atoms with van der Waals surface area (Å²) in [5, 5.41) is 3.08. The van der Waals surface area contributed by atoms with Crippen molar-refractivity contribution in [3.8, 4) is 5.75 Å². The number of benzene rings is 3. The molecule has 1 atom stereocenters. The monoisotopic (exact) mass is 628 g/mol. The molecule has 0 aromatic heterocycles. The second-order valence-electron chi connectivity index (χ2n) is 10.0. The van der Waals surface area contributed by atoms with Crippen LogP contribution >= 0.6 is 31.9 Å². The zero-order valence-electron chi connectivity index (χ0n) is 21.8. The van der Waals surface area contributed by atoms with Crippen LogP contribution in [0.5, 0.6) is 5.75 Å². The fraction of sp³-hybridized carbons (Fsp3) is 0.333. The fourth-order valence-corrected chi connectivity index (χ4v) is 4.93. The van der Waals surface area contributed by atoms with Crippen LogP contribution in [0.25, 0.3) is 0 Å². The van der Waals surface area contributed by atoms with Gasteiger partial charge in [0.05, 0.1) is 4.47 Å². The minimum Gasteiger partial charge on any atom is -0.483 e. The second-order valence-corrected chi connectivity index (χ2v) is 11.8. The van der Waals surface area contributed by atoms with E-state index in [0.717, 1.165) is 26.5 Å². The molecule has 196 valence electrons. The lowest BCUT2D eigenvalue weighted by atomic mass is 10.0. The Morgan fingerprint density at radius 3 is 2.24 bits per heavy atom. The first kappa shape index (κ1) is 28.9. The Labute approximate surface area is 236 Å². The topological polar surface area (TPSA) is 58.6 Å². The molecular formula is C30H34Br2N2O3. The van der Waals surface area contributed by atoms with Crippen LogP contribution < -0.4 is 10.1 Å². The van der Waals surface area contributed by atoms with Crippen LogP contribution in [0.4, 0.5) is 0 Å². The van der Waals surface area contributed by atoms with E-state index in [0.29, 0.717) is 12.2 Å². The van der Waals surface area contributed by atoms with Gasteiger partial charge in [-0.2, -0.15) is 0 Å². The predicted molar refractivity (Wildman–Crippen MR) is 156 cm³/mol. The average molecular weight is 630 g/mol. The number of carbonyl (C=O) groups excluding carboxylic acids is 2. The van der Waals surface area contributed by atoms with Crippen molar-refractivity contribution in [1.29, 1.82) is 0 Å². The van der Waals surface area contributed by atoms with Crippen molar-refractivity contribution in [2.45, 2.75) is 58.7 Å². The summed E-state index contributed by atoms with van der Waals surface area (Å²) in [6.07, 6.45) is 1.29. The van der Waals surface area contributed by atoms with Gasteiger partial charge in [-0.1, -0.05) is 71.4 Å².